The first-order valence-electron chi connectivity index (χ1n) is 5.26. The molecule has 18 heavy (non-hydrogen) atoms. The summed E-state index contributed by atoms with van der Waals surface area (Å²) >= 11 is 0. The second kappa shape index (κ2) is 3.66. The Morgan fingerprint density at radius 1 is 0.833 bits per heavy atom. The zero-order chi connectivity index (χ0) is 12.7. The van der Waals surface area contributed by atoms with E-state index in [2.05, 4.69) is 4.42 Å². The number of carbonyl (C=O) groups excluding carboxylic acids is 2. The van der Waals surface area contributed by atoms with Gasteiger partial charge in [-0.05, 0) is 24.3 Å². The van der Waals surface area contributed by atoms with Gasteiger partial charge >= 0.3 is 5.63 Å². The average molecular weight is 241 g/mol. The van der Waals surface area contributed by atoms with Gasteiger partial charge in [0.25, 0.3) is 11.8 Å². The quantitative estimate of drug-likeness (QED) is 0.708. The highest BCUT2D eigenvalue weighted by molar-refractivity contribution is 6.34. The number of hydrogen-bond donors (Lipinski definition) is 0. The molecule has 1 aliphatic heterocycles. The Kier molecular flexibility index (Phi) is 2.13. The SMILES string of the molecule is O=C1c2ccccc2C(=O)N1c1cccoc1=O. The number of amides is 2. The van der Waals surface area contributed by atoms with Gasteiger partial charge in [0, 0.05) is 0 Å². The second-order valence-electron chi connectivity index (χ2n) is 3.78. The summed E-state index contributed by atoms with van der Waals surface area (Å²) in [6.45, 7) is 0. The van der Waals surface area contributed by atoms with Gasteiger partial charge in [-0.1, -0.05) is 12.1 Å². The molecule has 1 aromatic carbocycles. The Hall–Kier alpha value is -2.69. The zero-order valence-electron chi connectivity index (χ0n) is 9.12. The molecule has 0 radical (unpaired) electrons. The molecule has 1 aliphatic rings. The van der Waals surface area contributed by atoms with Crippen molar-refractivity contribution in [3.05, 3.63) is 64.2 Å². The van der Waals surface area contributed by atoms with Gasteiger partial charge in [0.1, 0.15) is 5.69 Å². The fourth-order valence-corrected chi connectivity index (χ4v) is 1.93. The maximum Gasteiger partial charge on any atom is 0.360 e. The molecule has 0 bridgehead atoms. The number of anilines is 1. The highest BCUT2D eigenvalue weighted by Gasteiger charge is 2.37. The van der Waals surface area contributed by atoms with E-state index < -0.39 is 17.4 Å². The van der Waals surface area contributed by atoms with Crippen LogP contribution in [0.15, 0.2) is 51.9 Å². The number of carbonyl (C=O) groups is 2. The van der Waals surface area contributed by atoms with Crippen LogP contribution in [0.25, 0.3) is 0 Å². The molecule has 2 aromatic rings. The molecule has 1 aromatic heterocycles. The van der Waals surface area contributed by atoms with E-state index in [9.17, 15) is 14.4 Å². The number of rotatable bonds is 1. The van der Waals surface area contributed by atoms with Gasteiger partial charge in [0.2, 0.25) is 0 Å². The smallest absolute Gasteiger partial charge is 0.360 e. The fourth-order valence-electron chi connectivity index (χ4n) is 1.93. The molecule has 0 atom stereocenters. The van der Waals surface area contributed by atoms with Crippen LogP contribution in [-0.2, 0) is 0 Å². The van der Waals surface area contributed by atoms with Crippen molar-refractivity contribution < 1.29 is 14.0 Å². The molecule has 0 unspecified atom stereocenters. The number of hydrogen-bond acceptors (Lipinski definition) is 4. The van der Waals surface area contributed by atoms with Crippen LogP contribution in [-0.4, -0.2) is 11.8 Å². The van der Waals surface area contributed by atoms with Crippen LogP contribution in [0.3, 0.4) is 0 Å². The molecule has 88 valence electrons. The van der Waals surface area contributed by atoms with E-state index in [0.29, 0.717) is 11.1 Å². The molecule has 0 fully saturated rings. The van der Waals surface area contributed by atoms with Crippen LogP contribution in [0.1, 0.15) is 20.7 Å². The molecule has 0 spiro atoms. The summed E-state index contributed by atoms with van der Waals surface area (Å²) in [7, 11) is 0. The van der Waals surface area contributed by atoms with Crippen molar-refractivity contribution in [2.24, 2.45) is 0 Å². The Morgan fingerprint density at radius 3 is 2.00 bits per heavy atom. The normalized spacial score (nSPS) is 13.9. The van der Waals surface area contributed by atoms with Crippen LogP contribution in [0, 0.1) is 0 Å². The third kappa shape index (κ3) is 1.31. The average Bonchev–Trinajstić information content (AvgIpc) is 2.64. The predicted molar refractivity (Wildman–Crippen MR) is 62.6 cm³/mol. The van der Waals surface area contributed by atoms with Crippen molar-refractivity contribution in [1.82, 2.24) is 0 Å². The maximum absolute atomic E-state index is 12.1. The Bertz CT molecular complexity index is 682. The van der Waals surface area contributed by atoms with Crippen molar-refractivity contribution in [2.75, 3.05) is 4.90 Å². The van der Waals surface area contributed by atoms with Gasteiger partial charge in [-0.15, -0.1) is 0 Å². The lowest BCUT2D eigenvalue weighted by Gasteiger charge is -2.11. The third-order valence-electron chi connectivity index (χ3n) is 2.75. The first-order valence-corrected chi connectivity index (χ1v) is 5.26. The van der Waals surface area contributed by atoms with Crippen molar-refractivity contribution in [3.8, 4) is 0 Å². The highest BCUT2D eigenvalue weighted by Crippen LogP contribution is 2.25. The Balaban J connectivity index is 2.19. The lowest BCUT2D eigenvalue weighted by Crippen LogP contribution is -2.33. The molecular formula is C13H7NO4. The Labute approximate surface area is 101 Å². The minimum absolute atomic E-state index is 0.0660. The van der Waals surface area contributed by atoms with Crippen LogP contribution < -0.4 is 10.5 Å². The molecule has 5 nitrogen and oxygen atoms in total. The molecule has 0 saturated heterocycles. The van der Waals surface area contributed by atoms with E-state index in [1.807, 2.05) is 0 Å². The van der Waals surface area contributed by atoms with E-state index in [1.54, 1.807) is 24.3 Å². The summed E-state index contributed by atoms with van der Waals surface area (Å²) in [5.74, 6) is -1.01. The molecule has 0 saturated carbocycles. The molecule has 5 heteroatoms. The molecule has 2 heterocycles. The topological polar surface area (TPSA) is 67.6 Å². The third-order valence-corrected chi connectivity index (χ3v) is 2.75. The van der Waals surface area contributed by atoms with E-state index in [1.165, 1.54) is 18.4 Å². The lowest BCUT2D eigenvalue weighted by atomic mass is 10.1. The highest BCUT2D eigenvalue weighted by atomic mass is 16.4. The van der Waals surface area contributed by atoms with Gasteiger partial charge in [-0.2, -0.15) is 0 Å². The molecule has 3 rings (SSSR count). The van der Waals surface area contributed by atoms with Crippen molar-refractivity contribution in [1.29, 1.82) is 0 Å². The molecule has 0 aliphatic carbocycles. The minimum atomic E-state index is -0.716. The summed E-state index contributed by atoms with van der Waals surface area (Å²) in [5.41, 5.74) is -0.188. The van der Waals surface area contributed by atoms with Gasteiger partial charge in [-0.25, -0.2) is 9.69 Å². The summed E-state index contributed by atoms with van der Waals surface area (Å²) < 4.78 is 4.66. The zero-order valence-corrected chi connectivity index (χ0v) is 9.12. The van der Waals surface area contributed by atoms with Crippen LogP contribution >= 0.6 is 0 Å². The molecule has 0 N–H and O–H groups in total. The van der Waals surface area contributed by atoms with Crippen LogP contribution in [0.2, 0.25) is 0 Å². The predicted octanol–water partition coefficient (Wildman–Crippen LogP) is 1.44. The van der Waals surface area contributed by atoms with Crippen molar-refractivity contribution >= 4 is 17.5 Å². The van der Waals surface area contributed by atoms with E-state index in [-0.39, 0.29) is 5.69 Å². The first kappa shape index (κ1) is 10.5. The van der Waals surface area contributed by atoms with Gasteiger partial charge in [-0.3, -0.25) is 9.59 Å². The summed E-state index contributed by atoms with van der Waals surface area (Å²) in [4.78, 5) is 36.5. The summed E-state index contributed by atoms with van der Waals surface area (Å²) in [6, 6.07) is 9.29. The standard InChI is InChI=1S/C13H7NO4/c15-11-8-4-1-2-5-9(8)12(16)14(11)10-6-3-7-18-13(10)17/h1-7H. The number of fused-ring (bicyclic) bond motifs is 1. The van der Waals surface area contributed by atoms with Crippen LogP contribution in [0.4, 0.5) is 5.69 Å². The number of nitrogens with zero attached hydrogens (tertiary/aromatic N) is 1. The fraction of sp³-hybridized carbons (Fsp3) is 0. The van der Waals surface area contributed by atoms with Crippen molar-refractivity contribution in [3.63, 3.8) is 0 Å². The van der Waals surface area contributed by atoms with Crippen molar-refractivity contribution in [2.45, 2.75) is 0 Å². The first-order chi connectivity index (χ1) is 8.70. The van der Waals surface area contributed by atoms with Gasteiger partial charge < -0.3 is 4.42 Å². The minimum Gasteiger partial charge on any atom is -0.430 e. The van der Waals surface area contributed by atoms with Crippen LogP contribution in [0.5, 0.6) is 0 Å². The van der Waals surface area contributed by atoms with E-state index in [0.717, 1.165) is 4.90 Å². The molecular weight excluding hydrogens is 234 g/mol. The Morgan fingerprint density at radius 2 is 1.44 bits per heavy atom. The lowest BCUT2D eigenvalue weighted by molar-refractivity contribution is 0.0925. The second-order valence-corrected chi connectivity index (χ2v) is 3.78. The largest absolute Gasteiger partial charge is 0.430 e. The summed E-state index contributed by atoms with van der Waals surface area (Å²) in [5, 5.41) is 0. The van der Waals surface area contributed by atoms with E-state index >= 15 is 0 Å². The van der Waals surface area contributed by atoms with Gasteiger partial charge in [0.05, 0.1) is 17.4 Å². The maximum atomic E-state index is 12.1. The monoisotopic (exact) mass is 241 g/mol. The van der Waals surface area contributed by atoms with E-state index in [4.69, 9.17) is 0 Å². The molecule has 2 amide bonds. The number of imide groups is 1. The summed E-state index contributed by atoms with van der Waals surface area (Å²) in [6.07, 6.45) is 1.20. The van der Waals surface area contributed by atoms with Gasteiger partial charge in [0.15, 0.2) is 0 Å². The number of benzene rings is 1.